The Labute approximate surface area is 156 Å². The number of rotatable bonds is 3. The Bertz CT molecular complexity index is 836. The van der Waals surface area contributed by atoms with Crippen LogP contribution >= 0.6 is 24.0 Å². The number of carbonyl (C=O) groups excluding carboxylic acids is 2. The van der Waals surface area contributed by atoms with Crippen LogP contribution in [0.5, 0.6) is 0 Å². The zero-order valence-electron chi connectivity index (χ0n) is 13.5. The summed E-state index contributed by atoms with van der Waals surface area (Å²) < 4.78 is 0. The lowest BCUT2D eigenvalue weighted by atomic mass is 10.0. The van der Waals surface area contributed by atoms with Gasteiger partial charge in [-0.05, 0) is 55.4 Å². The molecule has 1 saturated heterocycles. The maximum Gasteiger partial charge on any atom is 0.253 e. The molecule has 2 fully saturated rings. The van der Waals surface area contributed by atoms with Gasteiger partial charge in [-0.2, -0.15) is 0 Å². The van der Waals surface area contributed by atoms with E-state index in [0.717, 1.165) is 27.9 Å². The molecule has 2 heterocycles. The Balaban J connectivity index is 0.00000182. The maximum atomic E-state index is 12.4. The van der Waals surface area contributed by atoms with E-state index in [1.54, 1.807) is 12.3 Å². The van der Waals surface area contributed by atoms with Crippen molar-refractivity contribution in [3.63, 3.8) is 0 Å². The van der Waals surface area contributed by atoms with Gasteiger partial charge in [0.05, 0.1) is 11.1 Å². The number of amides is 2. The second-order valence-electron chi connectivity index (χ2n) is 6.52. The minimum atomic E-state index is -0.470. The van der Waals surface area contributed by atoms with Gasteiger partial charge in [-0.15, -0.1) is 12.4 Å². The summed E-state index contributed by atoms with van der Waals surface area (Å²) in [6.07, 6.45) is 5.44. The van der Waals surface area contributed by atoms with Gasteiger partial charge in [-0.25, -0.2) is 0 Å². The molecular formula is C18H19Cl2N3O2. The molecule has 0 bridgehead atoms. The number of pyridine rings is 1. The number of aromatic nitrogens is 1. The first kappa shape index (κ1) is 18.0. The fourth-order valence-electron chi connectivity index (χ4n) is 3.15. The Hall–Kier alpha value is -1.85. The highest BCUT2D eigenvalue weighted by Crippen LogP contribution is 2.44. The number of piperidine rings is 1. The van der Waals surface area contributed by atoms with E-state index in [-0.39, 0.29) is 24.2 Å². The smallest absolute Gasteiger partial charge is 0.253 e. The van der Waals surface area contributed by atoms with E-state index in [0.29, 0.717) is 24.4 Å². The molecule has 2 N–H and O–H groups in total. The summed E-state index contributed by atoms with van der Waals surface area (Å²) in [4.78, 5) is 28.6. The Morgan fingerprint density at radius 3 is 2.76 bits per heavy atom. The summed E-state index contributed by atoms with van der Waals surface area (Å²) in [6.45, 7) is 0.671. The molecule has 1 aromatic heterocycles. The number of nitrogens with zero attached hydrogens (tertiary/aromatic N) is 1. The number of hydrogen-bond donors (Lipinski definition) is 2. The van der Waals surface area contributed by atoms with Crippen molar-refractivity contribution < 1.29 is 9.59 Å². The molecule has 2 aliphatic rings. The van der Waals surface area contributed by atoms with E-state index in [2.05, 4.69) is 15.6 Å². The van der Waals surface area contributed by atoms with Crippen LogP contribution in [0, 0.1) is 0 Å². The van der Waals surface area contributed by atoms with Crippen LogP contribution < -0.4 is 10.6 Å². The third-order valence-corrected chi connectivity index (χ3v) is 5.00. The van der Waals surface area contributed by atoms with Crippen molar-refractivity contribution >= 4 is 46.7 Å². The van der Waals surface area contributed by atoms with E-state index >= 15 is 0 Å². The average Bonchev–Trinajstić information content (AvgIpc) is 3.40. The van der Waals surface area contributed by atoms with Crippen LogP contribution in [0.3, 0.4) is 0 Å². The van der Waals surface area contributed by atoms with E-state index < -0.39 is 6.04 Å². The lowest BCUT2D eigenvalue weighted by molar-refractivity contribution is -0.124. The van der Waals surface area contributed by atoms with Crippen molar-refractivity contribution in [1.82, 2.24) is 15.6 Å². The monoisotopic (exact) mass is 379 g/mol. The topological polar surface area (TPSA) is 71.1 Å². The molecule has 25 heavy (non-hydrogen) atoms. The Kier molecular flexibility index (Phi) is 5.16. The first-order valence-corrected chi connectivity index (χ1v) is 8.67. The first-order valence-electron chi connectivity index (χ1n) is 8.29. The van der Waals surface area contributed by atoms with Crippen LogP contribution in [0.4, 0.5) is 0 Å². The molecular weight excluding hydrogens is 361 g/mol. The predicted molar refractivity (Wildman–Crippen MR) is 99.5 cm³/mol. The highest BCUT2D eigenvalue weighted by Gasteiger charge is 2.27. The third kappa shape index (κ3) is 3.72. The van der Waals surface area contributed by atoms with Crippen molar-refractivity contribution in [3.8, 4) is 0 Å². The summed E-state index contributed by atoms with van der Waals surface area (Å²) in [5.41, 5.74) is 2.43. The maximum absolute atomic E-state index is 12.4. The van der Waals surface area contributed by atoms with Crippen molar-refractivity contribution in [3.05, 3.63) is 40.5 Å². The Morgan fingerprint density at radius 1 is 1.24 bits per heavy atom. The molecule has 4 rings (SSSR count). The van der Waals surface area contributed by atoms with E-state index in [9.17, 15) is 9.59 Å². The molecule has 1 aliphatic carbocycles. The molecule has 132 valence electrons. The molecule has 2 amide bonds. The van der Waals surface area contributed by atoms with Gasteiger partial charge in [0, 0.05) is 23.2 Å². The highest BCUT2D eigenvalue weighted by molar-refractivity contribution is 6.32. The molecule has 0 radical (unpaired) electrons. The van der Waals surface area contributed by atoms with Gasteiger partial charge in [-0.3, -0.25) is 14.6 Å². The van der Waals surface area contributed by atoms with Crippen molar-refractivity contribution in [2.24, 2.45) is 0 Å². The number of hydrogen-bond acceptors (Lipinski definition) is 3. The van der Waals surface area contributed by atoms with Crippen molar-refractivity contribution in [2.45, 2.75) is 37.6 Å². The molecule has 5 nitrogen and oxygen atoms in total. The molecule has 1 saturated carbocycles. The predicted octanol–water partition coefficient (Wildman–Crippen LogP) is 3.20. The normalized spacial score (nSPS) is 19.9. The second-order valence-corrected chi connectivity index (χ2v) is 6.93. The highest BCUT2D eigenvalue weighted by atomic mass is 35.5. The van der Waals surface area contributed by atoms with E-state index in [4.69, 9.17) is 11.6 Å². The van der Waals surface area contributed by atoms with Crippen LogP contribution in [0.25, 0.3) is 10.9 Å². The van der Waals surface area contributed by atoms with Gasteiger partial charge < -0.3 is 10.6 Å². The number of carbonyl (C=O) groups is 2. The molecule has 1 atom stereocenters. The summed E-state index contributed by atoms with van der Waals surface area (Å²) in [5.74, 6) is 0.144. The number of benzene rings is 1. The van der Waals surface area contributed by atoms with Gasteiger partial charge in [0.1, 0.15) is 6.04 Å². The van der Waals surface area contributed by atoms with Crippen molar-refractivity contribution in [1.29, 1.82) is 0 Å². The van der Waals surface area contributed by atoms with Gasteiger partial charge in [-0.1, -0.05) is 11.6 Å². The lowest BCUT2D eigenvalue weighted by Crippen LogP contribution is -2.50. The van der Waals surface area contributed by atoms with Crippen LogP contribution in [-0.2, 0) is 4.79 Å². The largest absolute Gasteiger partial charge is 0.354 e. The zero-order chi connectivity index (χ0) is 16.7. The van der Waals surface area contributed by atoms with Gasteiger partial charge in [0.15, 0.2) is 0 Å². The van der Waals surface area contributed by atoms with Crippen LogP contribution in [-0.4, -0.2) is 29.4 Å². The third-order valence-electron chi connectivity index (χ3n) is 4.67. The number of nitrogens with one attached hydrogen (secondary N) is 2. The fraction of sp³-hybridized carbons (Fsp3) is 0.389. The number of fused-ring (bicyclic) bond motifs is 1. The van der Waals surface area contributed by atoms with E-state index in [1.807, 2.05) is 12.1 Å². The molecule has 1 aliphatic heterocycles. The van der Waals surface area contributed by atoms with Crippen LogP contribution in [0.15, 0.2) is 24.4 Å². The van der Waals surface area contributed by atoms with Gasteiger partial charge >= 0.3 is 0 Å². The molecule has 2 aromatic rings. The Morgan fingerprint density at radius 2 is 2.04 bits per heavy atom. The first-order chi connectivity index (χ1) is 11.6. The van der Waals surface area contributed by atoms with E-state index in [1.165, 1.54) is 12.8 Å². The quantitative estimate of drug-likeness (QED) is 0.859. The van der Waals surface area contributed by atoms with Gasteiger partial charge in [0.25, 0.3) is 5.91 Å². The van der Waals surface area contributed by atoms with Gasteiger partial charge in [0.2, 0.25) is 5.91 Å². The lowest BCUT2D eigenvalue weighted by Gasteiger charge is -2.22. The SMILES string of the molecule is Cl.O=C(NC1CCCNC1=O)c1cnc2cc(C3CC3)c(Cl)cc2c1. The molecule has 0 spiro atoms. The van der Waals surface area contributed by atoms with Crippen molar-refractivity contribution in [2.75, 3.05) is 6.54 Å². The average molecular weight is 380 g/mol. The fourth-order valence-corrected chi connectivity index (χ4v) is 3.47. The summed E-state index contributed by atoms with van der Waals surface area (Å²) in [7, 11) is 0. The molecule has 1 unspecified atom stereocenters. The van der Waals surface area contributed by atoms with Crippen LogP contribution in [0.1, 0.15) is 47.5 Å². The molecule has 1 aromatic carbocycles. The molecule has 7 heteroatoms. The standard InChI is InChI=1S/C18H18ClN3O2.ClH/c19-14-7-11-6-12(9-21-16(11)8-13(14)10-3-4-10)17(23)22-15-2-1-5-20-18(15)24;/h6-10,15H,1-5H2,(H,20,24)(H,22,23);1H. The summed E-state index contributed by atoms with van der Waals surface area (Å²) >= 11 is 6.36. The minimum absolute atomic E-state index is 0. The second kappa shape index (κ2) is 7.18. The minimum Gasteiger partial charge on any atom is -0.354 e. The number of halogens is 2. The zero-order valence-corrected chi connectivity index (χ0v) is 15.1. The van der Waals surface area contributed by atoms with Crippen LogP contribution in [0.2, 0.25) is 5.02 Å². The summed E-state index contributed by atoms with van der Waals surface area (Å²) in [5, 5.41) is 7.11. The summed E-state index contributed by atoms with van der Waals surface area (Å²) in [6, 6.07) is 5.21.